The minimum absolute atomic E-state index is 0.162. The molecule has 0 aliphatic carbocycles. The van der Waals surface area contributed by atoms with Crippen LogP contribution < -0.4 is 11.5 Å². The van der Waals surface area contributed by atoms with Crippen molar-refractivity contribution in [3.63, 3.8) is 0 Å². The number of hydrogen-bond donors (Lipinski definition) is 4. The van der Waals surface area contributed by atoms with Crippen molar-refractivity contribution in [2.75, 3.05) is 5.73 Å². The summed E-state index contributed by atoms with van der Waals surface area (Å²) in [6, 6.07) is 6.96. The van der Waals surface area contributed by atoms with E-state index in [9.17, 15) is 5.11 Å². The molecule has 18 heavy (non-hydrogen) atoms. The molecule has 1 aromatic heterocycles. The van der Waals surface area contributed by atoms with Crippen LogP contribution in [-0.4, -0.2) is 10.1 Å². The Morgan fingerprint density at radius 3 is 2.50 bits per heavy atom. The van der Waals surface area contributed by atoms with E-state index in [0.717, 1.165) is 16.8 Å². The Morgan fingerprint density at radius 1 is 1.28 bits per heavy atom. The third-order valence-electron chi connectivity index (χ3n) is 3.09. The Hall–Kier alpha value is -2.36. The van der Waals surface area contributed by atoms with Gasteiger partial charge in [-0.2, -0.15) is 0 Å². The third-order valence-corrected chi connectivity index (χ3v) is 3.09. The summed E-state index contributed by atoms with van der Waals surface area (Å²) in [5, 5.41) is 9.74. The zero-order valence-corrected chi connectivity index (χ0v) is 10.5. The fourth-order valence-corrected chi connectivity index (χ4v) is 1.90. The number of para-hydroxylation sites is 1. The van der Waals surface area contributed by atoms with Gasteiger partial charge in [-0.15, -0.1) is 0 Å². The Bertz CT molecular complexity index is 611. The predicted molar refractivity (Wildman–Crippen MR) is 74.8 cm³/mol. The normalized spacial score (nSPS) is 11.8. The number of phenols is 1. The minimum atomic E-state index is 0.162. The number of aryl methyl sites for hydroxylation is 1. The van der Waals surface area contributed by atoms with E-state index in [0.29, 0.717) is 17.1 Å². The van der Waals surface area contributed by atoms with Crippen LogP contribution in [0.3, 0.4) is 0 Å². The minimum Gasteiger partial charge on any atom is -0.507 e. The quantitative estimate of drug-likeness (QED) is 0.653. The van der Waals surface area contributed by atoms with Gasteiger partial charge in [-0.05, 0) is 37.6 Å². The van der Waals surface area contributed by atoms with Crippen LogP contribution in [0, 0.1) is 13.8 Å². The zero-order valence-electron chi connectivity index (χ0n) is 10.5. The van der Waals surface area contributed by atoms with Gasteiger partial charge in [0, 0.05) is 22.5 Å². The maximum atomic E-state index is 9.74. The molecule has 0 unspecified atom stereocenters. The van der Waals surface area contributed by atoms with Gasteiger partial charge in [0.2, 0.25) is 0 Å². The number of anilines is 1. The van der Waals surface area contributed by atoms with Crippen LogP contribution in [0.15, 0.2) is 24.3 Å². The van der Waals surface area contributed by atoms with E-state index in [1.807, 2.05) is 19.9 Å². The number of H-pyrrole nitrogens is 1. The van der Waals surface area contributed by atoms with Gasteiger partial charge < -0.3 is 21.6 Å². The number of hydrogen-bond acceptors (Lipinski definition) is 3. The maximum Gasteiger partial charge on any atom is 0.124 e. The van der Waals surface area contributed by atoms with Crippen molar-refractivity contribution in [1.29, 1.82) is 0 Å². The highest BCUT2D eigenvalue weighted by atomic mass is 16.3. The molecule has 94 valence electrons. The summed E-state index contributed by atoms with van der Waals surface area (Å²) in [5.74, 6) is 0.748. The lowest BCUT2D eigenvalue weighted by molar-refractivity contribution is 0.473. The summed E-state index contributed by atoms with van der Waals surface area (Å²) in [6.07, 6.45) is 1.78. The van der Waals surface area contributed by atoms with Crippen molar-refractivity contribution in [2.45, 2.75) is 13.8 Å². The van der Waals surface area contributed by atoms with Gasteiger partial charge in [-0.3, -0.25) is 0 Å². The number of nitrogens with one attached hydrogen (secondary N) is 1. The molecule has 2 aromatic rings. The Kier molecular flexibility index (Phi) is 3.02. The van der Waals surface area contributed by atoms with Gasteiger partial charge in [0.15, 0.2) is 0 Å². The number of aromatic hydroxyl groups is 1. The summed E-state index contributed by atoms with van der Waals surface area (Å²) in [4.78, 5) is 3.06. The molecule has 0 atom stereocenters. The van der Waals surface area contributed by atoms with Gasteiger partial charge in [-0.25, -0.2) is 0 Å². The number of aromatic amines is 1. The summed E-state index contributed by atoms with van der Waals surface area (Å²) in [6.45, 7) is 3.94. The Balaban J connectivity index is 2.48. The smallest absolute Gasteiger partial charge is 0.124 e. The lowest BCUT2D eigenvalue weighted by Crippen LogP contribution is -1.97. The molecule has 0 aliphatic rings. The number of rotatable bonds is 2. The molecule has 4 heteroatoms. The predicted octanol–water partition coefficient (Wildman–Crippen LogP) is 2.38. The van der Waals surface area contributed by atoms with Crippen molar-refractivity contribution in [1.82, 2.24) is 4.98 Å². The summed E-state index contributed by atoms with van der Waals surface area (Å²) in [5.41, 5.74) is 15.9. The SMILES string of the molecule is Cc1[nH]c(N)c(/C=C(\N)c2ccccc2O)c1C. The van der Waals surface area contributed by atoms with Crippen molar-refractivity contribution in [2.24, 2.45) is 5.73 Å². The van der Waals surface area contributed by atoms with Crippen molar-refractivity contribution in [3.05, 3.63) is 46.6 Å². The molecule has 0 bridgehead atoms. The molecule has 0 saturated heterocycles. The van der Waals surface area contributed by atoms with Gasteiger partial charge in [-0.1, -0.05) is 12.1 Å². The van der Waals surface area contributed by atoms with Crippen LogP contribution >= 0.6 is 0 Å². The van der Waals surface area contributed by atoms with E-state index in [1.165, 1.54) is 0 Å². The van der Waals surface area contributed by atoms with E-state index in [1.54, 1.807) is 24.3 Å². The van der Waals surface area contributed by atoms with Gasteiger partial charge >= 0.3 is 0 Å². The van der Waals surface area contributed by atoms with Crippen LogP contribution in [0.5, 0.6) is 5.75 Å². The molecule has 4 nitrogen and oxygen atoms in total. The number of benzene rings is 1. The Labute approximate surface area is 106 Å². The second-order valence-electron chi connectivity index (χ2n) is 4.32. The van der Waals surface area contributed by atoms with Crippen LogP contribution in [0.2, 0.25) is 0 Å². The number of nitrogen functional groups attached to an aromatic ring is 1. The lowest BCUT2D eigenvalue weighted by Gasteiger charge is -2.05. The molecule has 0 fully saturated rings. The number of nitrogens with two attached hydrogens (primary N) is 2. The van der Waals surface area contributed by atoms with Crippen LogP contribution in [-0.2, 0) is 0 Å². The molecule has 1 aromatic carbocycles. The van der Waals surface area contributed by atoms with Gasteiger partial charge in [0.25, 0.3) is 0 Å². The summed E-state index contributed by atoms with van der Waals surface area (Å²) >= 11 is 0. The molecule has 1 heterocycles. The van der Waals surface area contributed by atoms with Gasteiger partial charge in [0.1, 0.15) is 11.6 Å². The zero-order chi connectivity index (χ0) is 13.3. The maximum absolute atomic E-state index is 9.74. The molecule has 0 spiro atoms. The topological polar surface area (TPSA) is 88.1 Å². The Morgan fingerprint density at radius 2 is 1.94 bits per heavy atom. The second kappa shape index (κ2) is 4.49. The van der Waals surface area contributed by atoms with Crippen LogP contribution in [0.25, 0.3) is 11.8 Å². The first kappa shape index (κ1) is 12.1. The average molecular weight is 243 g/mol. The van der Waals surface area contributed by atoms with Gasteiger partial charge in [0.05, 0.1) is 0 Å². The molecule has 0 saturated carbocycles. The highest BCUT2D eigenvalue weighted by molar-refractivity contribution is 5.85. The van der Waals surface area contributed by atoms with E-state index < -0.39 is 0 Å². The monoisotopic (exact) mass is 243 g/mol. The highest BCUT2D eigenvalue weighted by Gasteiger charge is 2.09. The van der Waals surface area contributed by atoms with E-state index in [4.69, 9.17) is 11.5 Å². The van der Waals surface area contributed by atoms with Crippen molar-refractivity contribution in [3.8, 4) is 5.75 Å². The molecule has 0 amide bonds. The first-order valence-corrected chi connectivity index (χ1v) is 5.71. The number of phenolic OH excluding ortho intramolecular Hbond substituents is 1. The van der Waals surface area contributed by atoms with E-state index in [2.05, 4.69) is 4.98 Å². The highest BCUT2D eigenvalue weighted by Crippen LogP contribution is 2.27. The third kappa shape index (κ3) is 2.05. The molecule has 2 rings (SSSR count). The fraction of sp³-hybridized carbons (Fsp3) is 0.143. The second-order valence-corrected chi connectivity index (χ2v) is 4.32. The molecular weight excluding hydrogens is 226 g/mol. The largest absolute Gasteiger partial charge is 0.507 e. The van der Waals surface area contributed by atoms with Crippen molar-refractivity contribution >= 4 is 17.6 Å². The number of aromatic nitrogens is 1. The van der Waals surface area contributed by atoms with Crippen LogP contribution in [0.1, 0.15) is 22.4 Å². The van der Waals surface area contributed by atoms with E-state index >= 15 is 0 Å². The summed E-state index contributed by atoms with van der Waals surface area (Å²) < 4.78 is 0. The average Bonchev–Trinajstić information content (AvgIpc) is 2.56. The standard InChI is InChI=1S/C14H17N3O/c1-8-9(2)17-14(16)11(8)7-12(15)10-5-3-4-6-13(10)18/h3-7,17-18H,15-16H2,1-2H3/b12-7-. The first-order valence-electron chi connectivity index (χ1n) is 5.71. The summed E-state index contributed by atoms with van der Waals surface area (Å²) in [7, 11) is 0. The molecule has 6 N–H and O–H groups in total. The molecule has 0 aliphatic heterocycles. The fourth-order valence-electron chi connectivity index (χ4n) is 1.90. The molecular formula is C14H17N3O. The van der Waals surface area contributed by atoms with Crippen LogP contribution in [0.4, 0.5) is 5.82 Å². The molecule has 0 radical (unpaired) electrons. The van der Waals surface area contributed by atoms with E-state index in [-0.39, 0.29) is 5.75 Å². The van der Waals surface area contributed by atoms with Crippen molar-refractivity contribution < 1.29 is 5.11 Å². The first-order chi connectivity index (χ1) is 8.50. The lowest BCUT2D eigenvalue weighted by atomic mass is 10.1.